The quantitative estimate of drug-likeness (QED) is 0.0527. The normalized spacial score (nSPS) is 30.4. The summed E-state index contributed by atoms with van der Waals surface area (Å²) in [5.41, 5.74) is -5.83. The van der Waals surface area contributed by atoms with Gasteiger partial charge in [0.2, 0.25) is 0 Å². The van der Waals surface area contributed by atoms with Crippen molar-refractivity contribution in [2.75, 3.05) is 6.61 Å². The fraction of sp³-hybridized carbons (Fsp3) is 0.509. The number of amides is 1. The fourth-order valence-corrected chi connectivity index (χ4v) is 12.5. The van der Waals surface area contributed by atoms with Gasteiger partial charge < -0.3 is 38.5 Å². The zero-order valence-electron chi connectivity index (χ0n) is 41.2. The number of carbonyl (C=O) groups excluding carboxylic acids is 6. The van der Waals surface area contributed by atoms with Crippen molar-refractivity contribution in [3.05, 3.63) is 119 Å². The predicted octanol–water partition coefficient (Wildman–Crippen LogP) is 7.70. The summed E-state index contributed by atoms with van der Waals surface area (Å²) in [4.78, 5) is 86.4. The van der Waals surface area contributed by atoms with Crippen LogP contribution in [0.15, 0.2) is 102 Å². The minimum absolute atomic E-state index is 0.111. The number of hydrogen-bond donors (Lipinski definition) is 3. The van der Waals surface area contributed by atoms with Gasteiger partial charge in [0.1, 0.15) is 23.9 Å². The van der Waals surface area contributed by atoms with E-state index in [9.17, 15) is 24.3 Å². The highest BCUT2D eigenvalue weighted by molar-refractivity contribution is 7.81. The molecular weight excluding hydrogens is 919 g/mol. The molecule has 2 bridgehead atoms. The molecule has 11 atom stereocenters. The minimum atomic E-state index is -2.91. The zero-order valence-corrected chi connectivity index (χ0v) is 43.1. The molecule has 69 heavy (non-hydrogen) atoms. The van der Waals surface area contributed by atoms with Gasteiger partial charge in [0.25, 0.3) is 5.91 Å². The number of rotatable bonds is 12. The molecule has 0 radical (unpaired) electrons. The Morgan fingerprint density at radius 2 is 1.41 bits per heavy atom. The molecule has 0 aromatic heterocycles. The maximum atomic E-state index is 15.9. The number of aliphatic hydroxyl groups is 1. The third-order valence-corrected chi connectivity index (χ3v) is 20.9. The molecule has 3 aromatic rings. The van der Waals surface area contributed by atoms with Crippen LogP contribution in [0.2, 0.25) is 18.1 Å². The maximum absolute atomic E-state index is 15.9. The number of ketones is 1. The second-order valence-electron chi connectivity index (χ2n) is 21.2. The van der Waals surface area contributed by atoms with E-state index in [0.29, 0.717) is 16.7 Å². The summed E-state index contributed by atoms with van der Waals surface area (Å²) in [6, 6.07) is 24.5. The molecule has 0 spiro atoms. The molecule has 14 nitrogen and oxygen atoms in total. The highest BCUT2D eigenvalue weighted by Gasteiger charge is 2.78. The third-order valence-electron chi connectivity index (χ3n) is 15.7. The number of nitrogens with one attached hydrogen (secondary N) is 1. The lowest BCUT2D eigenvalue weighted by Crippen LogP contribution is -2.81. The Bertz CT molecular complexity index is 2510. The Hall–Kier alpha value is -5.13. The van der Waals surface area contributed by atoms with Crippen molar-refractivity contribution in [2.24, 2.45) is 16.7 Å². The summed E-state index contributed by atoms with van der Waals surface area (Å²) in [7, 11) is -2.91. The molecule has 2 N–H and O–H groups in total. The van der Waals surface area contributed by atoms with E-state index < -0.39 is 125 Å². The summed E-state index contributed by atoms with van der Waals surface area (Å²) in [5, 5.41) is 15.8. The molecule has 16 heteroatoms. The van der Waals surface area contributed by atoms with Gasteiger partial charge in [-0.25, -0.2) is 9.59 Å². The van der Waals surface area contributed by atoms with Crippen LogP contribution in [0.3, 0.4) is 0 Å². The SMILES string of the molecule is CC(=O)O[C@H]1C(=O)[C@@]2(C)[C@H]([C@H](OC(=O)c3ccccc3)[C@]3(O)C[C@H](OC(=O)[C@H](O[Si](C)(C)C(C)(C)C)[C@@H](NC(=O)c4ccccc4)c4ccccc4)C(C)=C1C3(C)C)[C@]1(OC(C)=O)CO[C@@H]1C[C@@H]2S. The predicted molar refractivity (Wildman–Crippen MR) is 261 cm³/mol. The van der Waals surface area contributed by atoms with Crippen LogP contribution >= 0.6 is 12.6 Å². The lowest BCUT2D eigenvalue weighted by Gasteiger charge is -2.67. The lowest BCUT2D eigenvalue weighted by atomic mass is 9.45. The Kier molecular flexibility index (Phi) is 14.2. The summed E-state index contributed by atoms with van der Waals surface area (Å²) in [6.07, 6.45) is -7.41. The Labute approximate surface area is 410 Å². The average Bonchev–Trinajstić information content (AvgIpc) is 3.28. The first kappa shape index (κ1) is 51.7. The van der Waals surface area contributed by atoms with Crippen molar-refractivity contribution in [3.8, 4) is 0 Å². The monoisotopic (exact) mass is 983 g/mol. The summed E-state index contributed by atoms with van der Waals surface area (Å²) in [6.45, 7) is 18.7. The van der Waals surface area contributed by atoms with Gasteiger partial charge in [0, 0.05) is 36.5 Å². The maximum Gasteiger partial charge on any atom is 0.338 e. The fourth-order valence-electron chi connectivity index (χ4n) is 10.8. The van der Waals surface area contributed by atoms with Crippen LogP contribution in [-0.2, 0) is 47.3 Å². The van der Waals surface area contributed by atoms with Crippen molar-refractivity contribution in [2.45, 2.75) is 146 Å². The molecular formula is C53H65NO13SSi. The smallest absolute Gasteiger partial charge is 0.338 e. The van der Waals surface area contributed by atoms with E-state index in [4.69, 9.17) is 40.7 Å². The number of thiol groups is 1. The van der Waals surface area contributed by atoms with Crippen molar-refractivity contribution in [3.63, 3.8) is 0 Å². The van der Waals surface area contributed by atoms with Crippen LogP contribution in [0.25, 0.3) is 0 Å². The van der Waals surface area contributed by atoms with Gasteiger partial charge in [-0.1, -0.05) is 108 Å². The van der Waals surface area contributed by atoms with Crippen molar-refractivity contribution >= 4 is 56.5 Å². The van der Waals surface area contributed by atoms with Gasteiger partial charge in [0.15, 0.2) is 31.9 Å². The molecule has 3 aliphatic carbocycles. The summed E-state index contributed by atoms with van der Waals surface area (Å²) < 4.78 is 38.6. The topological polar surface area (TPSA) is 190 Å². The summed E-state index contributed by atoms with van der Waals surface area (Å²) in [5.74, 6) is -5.76. The van der Waals surface area contributed by atoms with E-state index in [1.807, 2.05) is 39.9 Å². The molecule has 4 aliphatic rings. The number of esters is 4. The van der Waals surface area contributed by atoms with Gasteiger partial charge >= 0.3 is 23.9 Å². The number of carbonyl (C=O) groups is 6. The number of ether oxygens (including phenoxy) is 5. The van der Waals surface area contributed by atoms with E-state index in [-0.39, 0.29) is 24.2 Å². The highest BCUT2D eigenvalue weighted by Crippen LogP contribution is 2.65. The molecule has 3 fully saturated rings. The standard InChI is InChI=1S/C53H65NO13SSi/c1-30-36(64-48(60)42(67-69(10,11)49(4,5)6)40(33-21-15-12-16-22-33)54-46(58)34-23-17-13-18-24-34)28-53(61)45(65-47(59)35-25-19-14-20-26-35)43-51(9,38(68)27-37-52(43,29-62-37)66-32(3)56)44(57)41(63-31(2)55)39(30)50(53,7)8/h12-26,36-38,40-43,45,61,68H,27-29H2,1-11H3,(H,54,58)/t36-,37+,38-,40-,41+,42+,43-,45-,51+,52-,53+/m0/s1. The first-order chi connectivity index (χ1) is 32.2. The van der Waals surface area contributed by atoms with Gasteiger partial charge in [-0.3, -0.25) is 19.2 Å². The Balaban J connectivity index is 1.44. The summed E-state index contributed by atoms with van der Waals surface area (Å²) >= 11 is 5.01. The van der Waals surface area contributed by atoms with E-state index in [1.165, 1.54) is 6.92 Å². The second-order valence-corrected chi connectivity index (χ2v) is 26.6. The molecule has 0 unspecified atom stereocenters. The molecule has 3 aromatic carbocycles. The zero-order chi connectivity index (χ0) is 50.6. The molecule has 7 rings (SSSR count). The highest BCUT2D eigenvalue weighted by atomic mass is 32.1. The number of hydrogen-bond acceptors (Lipinski definition) is 14. The van der Waals surface area contributed by atoms with Crippen molar-refractivity contribution in [1.82, 2.24) is 5.32 Å². The molecule has 2 saturated carbocycles. The largest absolute Gasteiger partial charge is 0.456 e. The Morgan fingerprint density at radius 3 is 1.93 bits per heavy atom. The third kappa shape index (κ3) is 9.11. The lowest BCUT2D eigenvalue weighted by molar-refractivity contribution is -0.331. The van der Waals surface area contributed by atoms with Crippen molar-refractivity contribution in [1.29, 1.82) is 0 Å². The first-order valence-electron chi connectivity index (χ1n) is 23.4. The molecule has 1 aliphatic heterocycles. The molecule has 1 amide bonds. The van der Waals surface area contributed by atoms with Gasteiger partial charge in [0.05, 0.1) is 29.5 Å². The number of Topliss-reactive ketones (excluding diaryl/α,β-unsaturated/α-hetero) is 1. The van der Waals surface area contributed by atoms with Gasteiger partial charge in [-0.2, -0.15) is 12.6 Å². The van der Waals surface area contributed by atoms with Crippen LogP contribution in [0.1, 0.15) is 107 Å². The molecule has 370 valence electrons. The van der Waals surface area contributed by atoms with Crippen LogP contribution in [0.5, 0.6) is 0 Å². The van der Waals surface area contributed by atoms with E-state index in [0.717, 1.165) is 6.92 Å². The van der Waals surface area contributed by atoms with E-state index in [2.05, 4.69) is 5.32 Å². The average molecular weight is 984 g/mol. The number of benzene rings is 3. The minimum Gasteiger partial charge on any atom is -0.456 e. The van der Waals surface area contributed by atoms with E-state index in [1.54, 1.807) is 113 Å². The second kappa shape index (κ2) is 18.9. The number of fused-ring (bicyclic) bond motifs is 5. The molecule has 1 heterocycles. The van der Waals surface area contributed by atoms with E-state index >= 15 is 9.59 Å². The first-order valence-corrected chi connectivity index (χ1v) is 26.8. The van der Waals surface area contributed by atoms with Gasteiger partial charge in [-0.15, -0.1) is 0 Å². The van der Waals surface area contributed by atoms with Crippen LogP contribution in [-0.4, -0.2) is 103 Å². The van der Waals surface area contributed by atoms with Crippen LogP contribution in [0, 0.1) is 16.7 Å². The molecule has 1 saturated heterocycles. The van der Waals surface area contributed by atoms with Gasteiger partial charge in [-0.05, 0) is 72.5 Å². The Morgan fingerprint density at radius 1 is 0.841 bits per heavy atom. The van der Waals surface area contributed by atoms with Crippen molar-refractivity contribution < 1.29 is 62.0 Å². The van der Waals surface area contributed by atoms with Crippen LogP contribution < -0.4 is 5.32 Å². The van der Waals surface area contributed by atoms with Crippen LogP contribution in [0.4, 0.5) is 0 Å².